The summed E-state index contributed by atoms with van der Waals surface area (Å²) in [5, 5.41) is 6.21. The summed E-state index contributed by atoms with van der Waals surface area (Å²) in [5.74, 6) is 1.83. The summed E-state index contributed by atoms with van der Waals surface area (Å²) in [5.41, 5.74) is 2.22. The highest BCUT2D eigenvalue weighted by Crippen LogP contribution is 2.18. The third kappa shape index (κ3) is 3.98. The second-order valence-corrected chi connectivity index (χ2v) is 6.12. The summed E-state index contributed by atoms with van der Waals surface area (Å²) in [6.07, 6.45) is 3.20. The molecule has 1 aromatic carbocycles. The maximum atomic E-state index is 12.1. The lowest BCUT2D eigenvalue weighted by Crippen LogP contribution is -2.48. The molecule has 0 radical (unpaired) electrons. The molecular weight excluding hydrogens is 256 g/mol. The largest absolute Gasteiger partial charge is 0.326 e. The zero-order chi connectivity index (χ0) is 13.7. The first-order valence-electron chi connectivity index (χ1n) is 6.80. The number of hydrogen-bond donors (Lipinski definition) is 2. The molecule has 0 spiro atoms. The predicted molar refractivity (Wildman–Crippen MR) is 82.7 cm³/mol. The second kappa shape index (κ2) is 6.96. The van der Waals surface area contributed by atoms with Gasteiger partial charge >= 0.3 is 0 Å². The van der Waals surface area contributed by atoms with Crippen LogP contribution in [0.4, 0.5) is 5.69 Å². The van der Waals surface area contributed by atoms with Crippen molar-refractivity contribution in [3.63, 3.8) is 0 Å². The Morgan fingerprint density at radius 3 is 2.63 bits per heavy atom. The van der Waals surface area contributed by atoms with Gasteiger partial charge in [-0.2, -0.15) is 11.8 Å². The molecule has 1 heterocycles. The summed E-state index contributed by atoms with van der Waals surface area (Å²) < 4.78 is 0. The average Bonchev–Trinajstić information content (AvgIpc) is 2.36. The smallest absolute Gasteiger partial charge is 0.227 e. The van der Waals surface area contributed by atoms with Gasteiger partial charge in [-0.15, -0.1) is 0 Å². The van der Waals surface area contributed by atoms with E-state index in [9.17, 15) is 4.79 Å². The van der Waals surface area contributed by atoms with Crippen LogP contribution in [0.15, 0.2) is 24.3 Å². The lowest BCUT2D eigenvalue weighted by atomic mass is 9.88. The second-order valence-electron chi connectivity index (χ2n) is 5.14. The Balaban J connectivity index is 1.86. The van der Waals surface area contributed by atoms with E-state index in [2.05, 4.69) is 29.0 Å². The number of carbonyl (C=O) groups is 1. The summed E-state index contributed by atoms with van der Waals surface area (Å²) in [4.78, 5) is 12.1. The van der Waals surface area contributed by atoms with E-state index < -0.39 is 0 Å². The quantitative estimate of drug-likeness (QED) is 0.839. The fraction of sp³-hybridized carbons (Fsp3) is 0.533. The number of nitrogens with one attached hydrogen (secondary N) is 2. The molecule has 0 saturated carbocycles. The van der Waals surface area contributed by atoms with Gasteiger partial charge in [-0.25, -0.2) is 0 Å². The molecule has 1 fully saturated rings. The number of rotatable bonds is 6. The summed E-state index contributed by atoms with van der Waals surface area (Å²) in [6, 6.07) is 8.20. The Bertz CT molecular complexity index is 415. The van der Waals surface area contributed by atoms with Crippen LogP contribution < -0.4 is 10.6 Å². The van der Waals surface area contributed by atoms with Gasteiger partial charge in [0.1, 0.15) is 0 Å². The van der Waals surface area contributed by atoms with Gasteiger partial charge in [-0.1, -0.05) is 19.1 Å². The fourth-order valence-electron chi connectivity index (χ4n) is 2.11. The lowest BCUT2D eigenvalue weighted by Gasteiger charge is -2.31. The highest BCUT2D eigenvalue weighted by Gasteiger charge is 2.28. The minimum Gasteiger partial charge on any atom is -0.326 e. The van der Waals surface area contributed by atoms with E-state index >= 15 is 0 Å². The van der Waals surface area contributed by atoms with Crippen molar-refractivity contribution in [2.45, 2.75) is 13.3 Å². The molecule has 1 unspecified atom stereocenters. The van der Waals surface area contributed by atoms with Gasteiger partial charge in [0.15, 0.2) is 0 Å². The summed E-state index contributed by atoms with van der Waals surface area (Å²) in [6.45, 7) is 3.93. The van der Waals surface area contributed by atoms with E-state index in [0.29, 0.717) is 5.92 Å². The van der Waals surface area contributed by atoms with Crippen LogP contribution >= 0.6 is 11.8 Å². The third-order valence-electron chi connectivity index (χ3n) is 3.75. The van der Waals surface area contributed by atoms with Gasteiger partial charge in [0, 0.05) is 11.6 Å². The Kier molecular flexibility index (Phi) is 5.28. The van der Waals surface area contributed by atoms with Crippen molar-refractivity contribution >= 4 is 23.4 Å². The molecule has 104 valence electrons. The first-order chi connectivity index (χ1) is 9.20. The van der Waals surface area contributed by atoms with Crippen LogP contribution in [0, 0.1) is 11.8 Å². The average molecular weight is 278 g/mol. The highest BCUT2D eigenvalue weighted by atomic mass is 32.2. The van der Waals surface area contributed by atoms with E-state index in [1.165, 1.54) is 5.56 Å². The summed E-state index contributed by atoms with van der Waals surface area (Å²) >= 11 is 1.85. The molecule has 1 aromatic rings. The van der Waals surface area contributed by atoms with Gasteiger partial charge in [0.25, 0.3) is 0 Å². The maximum absolute atomic E-state index is 12.1. The Morgan fingerprint density at radius 2 is 2.11 bits per heavy atom. The highest BCUT2D eigenvalue weighted by molar-refractivity contribution is 7.98. The van der Waals surface area contributed by atoms with E-state index in [4.69, 9.17) is 0 Å². The molecule has 0 aromatic heterocycles. The molecule has 19 heavy (non-hydrogen) atoms. The van der Waals surface area contributed by atoms with Gasteiger partial charge in [-0.3, -0.25) is 4.79 Å². The van der Waals surface area contributed by atoms with Crippen molar-refractivity contribution in [2.24, 2.45) is 11.8 Å². The van der Waals surface area contributed by atoms with Crippen molar-refractivity contribution in [3.8, 4) is 0 Å². The molecule has 4 heteroatoms. The van der Waals surface area contributed by atoms with Crippen LogP contribution in [0.25, 0.3) is 0 Å². The van der Waals surface area contributed by atoms with Crippen LogP contribution in [0.2, 0.25) is 0 Å². The van der Waals surface area contributed by atoms with Crippen molar-refractivity contribution in [1.29, 1.82) is 0 Å². The Labute approximate surface area is 119 Å². The van der Waals surface area contributed by atoms with Crippen molar-refractivity contribution in [2.75, 3.05) is 30.4 Å². The van der Waals surface area contributed by atoms with Gasteiger partial charge in [0.2, 0.25) is 5.91 Å². The minimum absolute atomic E-state index is 0.0809. The van der Waals surface area contributed by atoms with Gasteiger partial charge in [0.05, 0.1) is 0 Å². The molecule has 3 nitrogen and oxygen atoms in total. The number of anilines is 1. The molecule has 0 bridgehead atoms. The monoisotopic (exact) mass is 278 g/mol. The molecule has 0 aliphatic carbocycles. The van der Waals surface area contributed by atoms with Crippen molar-refractivity contribution in [1.82, 2.24) is 5.32 Å². The number of benzene rings is 1. The van der Waals surface area contributed by atoms with Crippen molar-refractivity contribution < 1.29 is 4.79 Å². The number of hydrogen-bond acceptors (Lipinski definition) is 3. The maximum Gasteiger partial charge on any atom is 0.227 e. The van der Waals surface area contributed by atoms with E-state index in [1.54, 1.807) is 0 Å². The Morgan fingerprint density at radius 1 is 1.42 bits per heavy atom. The first kappa shape index (κ1) is 14.4. The zero-order valence-corrected chi connectivity index (χ0v) is 12.4. The number of aryl methyl sites for hydroxylation is 1. The third-order valence-corrected chi connectivity index (χ3v) is 4.36. The van der Waals surface area contributed by atoms with E-state index in [0.717, 1.165) is 31.0 Å². The molecule has 1 amide bonds. The SMILES string of the molecule is CSCCc1ccc(NC(=O)C(C)C2CNC2)cc1. The van der Waals surface area contributed by atoms with Crippen LogP contribution in [0.5, 0.6) is 0 Å². The molecule has 1 aliphatic rings. The van der Waals surface area contributed by atoms with Crippen LogP contribution in [-0.4, -0.2) is 31.0 Å². The van der Waals surface area contributed by atoms with Gasteiger partial charge in [-0.05, 0) is 55.1 Å². The van der Waals surface area contributed by atoms with Crippen LogP contribution in [-0.2, 0) is 11.2 Å². The van der Waals surface area contributed by atoms with Crippen LogP contribution in [0.1, 0.15) is 12.5 Å². The molecule has 2 N–H and O–H groups in total. The normalized spacial score (nSPS) is 16.7. The first-order valence-corrected chi connectivity index (χ1v) is 8.19. The minimum atomic E-state index is 0.0809. The van der Waals surface area contributed by atoms with Gasteiger partial charge < -0.3 is 10.6 Å². The molecule has 1 saturated heterocycles. The number of amides is 1. The summed E-state index contributed by atoms with van der Waals surface area (Å²) in [7, 11) is 0. The van der Waals surface area contributed by atoms with E-state index in [-0.39, 0.29) is 11.8 Å². The topological polar surface area (TPSA) is 41.1 Å². The van der Waals surface area contributed by atoms with E-state index in [1.807, 2.05) is 30.8 Å². The standard InChI is InChI=1S/C15H22N2OS/c1-11(13-9-16-10-13)15(18)17-14-5-3-12(4-6-14)7-8-19-2/h3-6,11,13,16H,7-10H2,1-2H3,(H,17,18). The zero-order valence-electron chi connectivity index (χ0n) is 11.6. The Hall–Kier alpha value is -1.00. The lowest BCUT2D eigenvalue weighted by molar-refractivity contribution is -0.121. The van der Waals surface area contributed by atoms with Crippen molar-refractivity contribution in [3.05, 3.63) is 29.8 Å². The molecular formula is C15H22N2OS. The number of thioether (sulfide) groups is 1. The molecule has 1 aliphatic heterocycles. The molecule has 2 rings (SSSR count). The fourth-order valence-corrected chi connectivity index (χ4v) is 2.55. The number of carbonyl (C=O) groups excluding carboxylic acids is 1. The molecule has 1 atom stereocenters. The predicted octanol–water partition coefficient (Wildman–Crippen LogP) is 2.39. The van der Waals surface area contributed by atoms with Crippen LogP contribution in [0.3, 0.4) is 0 Å².